The largest absolute Gasteiger partial charge is 0.383 e. The van der Waals surface area contributed by atoms with Gasteiger partial charge in [0.25, 0.3) is 5.56 Å². The van der Waals surface area contributed by atoms with Gasteiger partial charge in [0.1, 0.15) is 0 Å². The van der Waals surface area contributed by atoms with Crippen LogP contribution in [-0.2, 0) is 18.3 Å². The van der Waals surface area contributed by atoms with E-state index in [0.717, 1.165) is 0 Å². The summed E-state index contributed by atoms with van der Waals surface area (Å²) in [4.78, 5) is 12.2. The second kappa shape index (κ2) is 5.28. The van der Waals surface area contributed by atoms with Gasteiger partial charge >= 0.3 is 0 Å². The topological polar surface area (TPSA) is 64.8 Å². The lowest BCUT2D eigenvalue weighted by atomic mass is 10.2. The van der Waals surface area contributed by atoms with Crippen LogP contribution in [0.1, 0.15) is 0 Å². The van der Waals surface area contributed by atoms with Gasteiger partial charge in [-0.3, -0.25) is 9.89 Å². The molecule has 96 valence electrons. The Bertz CT molecular complexity index is 656. The number of aromatic nitrogens is 4. The molecule has 2 aromatic rings. The normalized spacial score (nSPS) is 10.8. The number of hydrogen-bond donors (Lipinski definition) is 1. The van der Waals surface area contributed by atoms with E-state index in [1.807, 2.05) is 6.07 Å². The predicted octanol–water partition coefficient (Wildman–Crippen LogP) is 0.953. The molecule has 0 amide bonds. The molecule has 7 heteroatoms. The second-order valence-electron chi connectivity index (χ2n) is 3.82. The highest BCUT2D eigenvalue weighted by molar-refractivity contribution is 7.71. The maximum Gasteiger partial charge on any atom is 0.261 e. The van der Waals surface area contributed by atoms with Gasteiger partial charge in [-0.05, 0) is 24.4 Å². The summed E-state index contributed by atoms with van der Waals surface area (Å²) in [6, 6.07) is 3.54. The molecule has 0 aromatic carbocycles. The summed E-state index contributed by atoms with van der Waals surface area (Å²) in [7, 11) is 3.37. The third-order valence-corrected chi connectivity index (χ3v) is 3.04. The molecule has 2 heterocycles. The Kier molecular flexibility index (Phi) is 3.73. The van der Waals surface area contributed by atoms with E-state index in [0.29, 0.717) is 29.3 Å². The molecule has 0 saturated heterocycles. The van der Waals surface area contributed by atoms with Gasteiger partial charge in [0, 0.05) is 26.9 Å². The molecular weight excluding hydrogens is 252 g/mol. The SMILES string of the molecule is COCCn1cccc(-c2n[nH]c(=S)n2C)c1=O. The van der Waals surface area contributed by atoms with E-state index < -0.39 is 0 Å². The number of H-pyrrole nitrogens is 1. The van der Waals surface area contributed by atoms with Crippen molar-refractivity contribution in [3.63, 3.8) is 0 Å². The lowest BCUT2D eigenvalue weighted by molar-refractivity contribution is 0.186. The standard InChI is InChI=1S/C11H14N4O2S/c1-14-9(12-13-11(14)18)8-4-3-5-15(10(8)16)6-7-17-2/h3-5H,6-7H2,1-2H3,(H,13,18). The summed E-state index contributed by atoms with van der Waals surface area (Å²) >= 11 is 5.04. The van der Waals surface area contributed by atoms with Crippen LogP contribution in [0.3, 0.4) is 0 Å². The molecule has 2 rings (SSSR count). The van der Waals surface area contributed by atoms with E-state index in [2.05, 4.69) is 10.2 Å². The van der Waals surface area contributed by atoms with Crippen molar-refractivity contribution in [2.24, 2.45) is 7.05 Å². The molecule has 0 aliphatic carbocycles. The van der Waals surface area contributed by atoms with E-state index in [-0.39, 0.29) is 5.56 Å². The average Bonchev–Trinajstić information content (AvgIpc) is 2.69. The molecule has 0 aliphatic rings. The first-order chi connectivity index (χ1) is 8.65. The van der Waals surface area contributed by atoms with Crippen LogP contribution in [0.25, 0.3) is 11.4 Å². The van der Waals surface area contributed by atoms with Crippen molar-refractivity contribution >= 4 is 12.2 Å². The molecular formula is C11H14N4O2S. The van der Waals surface area contributed by atoms with E-state index in [1.165, 1.54) is 0 Å². The molecule has 0 aliphatic heterocycles. The van der Waals surface area contributed by atoms with Gasteiger partial charge in [0.05, 0.1) is 12.2 Å². The van der Waals surface area contributed by atoms with Crippen molar-refractivity contribution < 1.29 is 4.74 Å². The van der Waals surface area contributed by atoms with Crippen LogP contribution in [0.2, 0.25) is 0 Å². The van der Waals surface area contributed by atoms with Crippen molar-refractivity contribution in [2.45, 2.75) is 6.54 Å². The van der Waals surface area contributed by atoms with Crippen LogP contribution in [0.4, 0.5) is 0 Å². The lowest BCUT2D eigenvalue weighted by Crippen LogP contribution is -2.23. The third-order valence-electron chi connectivity index (χ3n) is 2.68. The summed E-state index contributed by atoms with van der Waals surface area (Å²) in [6.45, 7) is 1.00. The monoisotopic (exact) mass is 266 g/mol. The van der Waals surface area contributed by atoms with Crippen molar-refractivity contribution in [1.82, 2.24) is 19.3 Å². The molecule has 0 unspecified atom stereocenters. The molecule has 6 nitrogen and oxygen atoms in total. The van der Waals surface area contributed by atoms with Gasteiger partial charge in [-0.1, -0.05) is 0 Å². The van der Waals surface area contributed by atoms with Crippen LogP contribution in [0.5, 0.6) is 0 Å². The number of aromatic amines is 1. The minimum atomic E-state index is -0.105. The first-order valence-electron chi connectivity index (χ1n) is 5.45. The predicted molar refractivity (Wildman–Crippen MR) is 70.0 cm³/mol. The Morgan fingerprint density at radius 2 is 2.33 bits per heavy atom. The average molecular weight is 266 g/mol. The summed E-state index contributed by atoms with van der Waals surface area (Å²) < 4.78 is 8.72. The number of pyridine rings is 1. The lowest BCUT2D eigenvalue weighted by Gasteiger charge is -2.06. The molecule has 0 bridgehead atoms. The Morgan fingerprint density at radius 3 is 2.94 bits per heavy atom. The molecule has 0 saturated carbocycles. The zero-order valence-electron chi connectivity index (χ0n) is 10.2. The van der Waals surface area contributed by atoms with Gasteiger partial charge in [-0.2, -0.15) is 5.10 Å². The number of hydrogen-bond acceptors (Lipinski definition) is 4. The van der Waals surface area contributed by atoms with Gasteiger partial charge < -0.3 is 13.9 Å². The molecule has 1 N–H and O–H groups in total. The van der Waals surface area contributed by atoms with Crippen molar-refractivity contribution in [3.05, 3.63) is 33.5 Å². The summed E-state index contributed by atoms with van der Waals surface area (Å²) in [5, 5.41) is 6.74. The van der Waals surface area contributed by atoms with E-state index >= 15 is 0 Å². The van der Waals surface area contributed by atoms with Gasteiger partial charge in [0.2, 0.25) is 0 Å². The zero-order chi connectivity index (χ0) is 13.1. The Balaban J connectivity index is 2.49. The highest BCUT2D eigenvalue weighted by atomic mass is 32.1. The van der Waals surface area contributed by atoms with E-state index in [1.54, 1.807) is 35.6 Å². The third kappa shape index (κ3) is 2.27. The van der Waals surface area contributed by atoms with Crippen molar-refractivity contribution in [2.75, 3.05) is 13.7 Å². The molecule has 2 aromatic heterocycles. The van der Waals surface area contributed by atoms with Crippen LogP contribution < -0.4 is 5.56 Å². The van der Waals surface area contributed by atoms with E-state index in [9.17, 15) is 4.79 Å². The Morgan fingerprint density at radius 1 is 1.56 bits per heavy atom. The van der Waals surface area contributed by atoms with E-state index in [4.69, 9.17) is 17.0 Å². The number of nitrogens with zero attached hydrogens (tertiary/aromatic N) is 3. The number of methoxy groups -OCH3 is 1. The first-order valence-corrected chi connectivity index (χ1v) is 5.86. The van der Waals surface area contributed by atoms with Gasteiger partial charge in [-0.15, -0.1) is 0 Å². The second-order valence-corrected chi connectivity index (χ2v) is 4.21. The molecule has 0 atom stereocenters. The van der Waals surface area contributed by atoms with Crippen molar-refractivity contribution in [3.8, 4) is 11.4 Å². The minimum absolute atomic E-state index is 0.105. The Hall–Kier alpha value is -1.73. The fourth-order valence-electron chi connectivity index (χ4n) is 1.66. The molecule has 18 heavy (non-hydrogen) atoms. The van der Waals surface area contributed by atoms with Gasteiger partial charge in [0.15, 0.2) is 10.6 Å². The highest BCUT2D eigenvalue weighted by Gasteiger charge is 2.11. The summed E-state index contributed by atoms with van der Waals surface area (Å²) in [5.41, 5.74) is 0.412. The number of nitrogens with one attached hydrogen (secondary N) is 1. The zero-order valence-corrected chi connectivity index (χ0v) is 11.0. The molecule has 0 radical (unpaired) electrons. The summed E-state index contributed by atoms with van der Waals surface area (Å²) in [6.07, 6.45) is 1.73. The van der Waals surface area contributed by atoms with Crippen LogP contribution in [0.15, 0.2) is 23.1 Å². The molecule has 0 spiro atoms. The Labute approximate surface area is 109 Å². The fraction of sp³-hybridized carbons (Fsp3) is 0.364. The summed E-state index contributed by atoms with van der Waals surface area (Å²) in [5.74, 6) is 0.539. The minimum Gasteiger partial charge on any atom is -0.383 e. The number of rotatable bonds is 4. The maximum absolute atomic E-state index is 12.2. The van der Waals surface area contributed by atoms with Gasteiger partial charge in [-0.25, -0.2) is 0 Å². The molecule has 0 fully saturated rings. The fourth-order valence-corrected chi connectivity index (χ4v) is 1.79. The number of ether oxygens (including phenoxy) is 1. The quantitative estimate of drug-likeness (QED) is 0.837. The van der Waals surface area contributed by atoms with Crippen LogP contribution in [0, 0.1) is 4.77 Å². The van der Waals surface area contributed by atoms with Crippen LogP contribution in [-0.4, -0.2) is 33.0 Å². The smallest absolute Gasteiger partial charge is 0.261 e. The first kappa shape index (κ1) is 12.7. The highest BCUT2D eigenvalue weighted by Crippen LogP contribution is 2.10. The van der Waals surface area contributed by atoms with Crippen LogP contribution >= 0.6 is 12.2 Å². The van der Waals surface area contributed by atoms with Crippen molar-refractivity contribution in [1.29, 1.82) is 0 Å². The maximum atomic E-state index is 12.2.